The van der Waals surface area contributed by atoms with Crippen LogP contribution in [0.1, 0.15) is 31.5 Å². The molecule has 0 spiro atoms. The smallest absolute Gasteiger partial charge is 0.387 e. The molecule has 1 aromatic heterocycles. The van der Waals surface area contributed by atoms with Gasteiger partial charge in [0.05, 0.1) is 25.4 Å². The van der Waals surface area contributed by atoms with Crippen molar-refractivity contribution in [3.05, 3.63) is 41.7 Å². The summed E-state index contributed by atoms with van der Waals surface area (Å²) in [4.78, 5) is 4.44. The van der Waals surface area contributed by atoms with Gasteiger partial charge in [-0.1, -0.05) is 6.92 Å². The number of hydrogen-bond donors (Lipinski definition) is 3. The van der Waals surface area contributed by atoms with Gasteiger partial charge in [0.15, 0.2) is 5.96 Å². The molecule has 9 heteroatoms. The summed E-state index contributed by atoms with van der Waals surface area (Å²) >= 11 is 0. The minimum absolute atomic E-state index is 0.0618. The fourth-order valence-corrected chi connectivity index (χ4v) is 2.25. The van der Waals surface area contributed by atoms with Gasteiger partial charge in [-0.25, -0.2) is 4.99 Å². The second kappa shape index (κ2) is 11.0. The molecule has 0 aliphatic heterocycles. The first-order chi connectivity index (χ1) is 13.1. The van der Waals surface area contributed by atoms with Gasteiger partial charge in [-0.15, -0.1) is 0 Å². The molecular formula is C18H25F2N5O2. The van der Waals surface area contributed by atoms with Gasteiger partial charge in [-0.05, 0) is 31.5 Å². The van der Waals surface area contributed by atoms with Crippen LogP contribution in [0.25, 0.3) is 0 Å². The average Bonchev–Trinajstić information content (AvgIpc) is 3.16. The summed E-state index contributed by atoms with van der Waals surface area (Å²) < 4.78 is 35.6. The number of nitrogens with zero attached hydrogens (tertiary/aromatic N) is 2. The number of guanidine groups is 1. The van der Waals surface area contributed by atoms with Crippen molar-refractivity contribution < 1.29 is 18.3 Å². The fraction of sp³-hybridized carbons (Fsp3) is 0.444. The minimum atomic E-state index is -2.92. The molecular weight excluding hydrogens is 356 g/mol. The summed E-state index contributed by atoms with van der Waals surface area (Å²) in [7, 11) is 0. The fourth-order valence-electron chi connectivity index (χ4n) is 2.25. The van der Waals surface area contributed by atoms with Crippen LogP contribution in [0.4, 0.5) is 8.78 Å². The first kappa shape index (κ1) is 20.5. The Kier molecular flexibility index (Phi) is 8.34. The summed E-state index contributed by atoms with van der Waals surface area (Å²) in [5.74, 6) is 1.11. The number of aromatic nitrogens is 2. The molecule has 1 aromatic carbocycles. The zero-order chi connectivity index (χ0) is 19.5. The van der Waals surface area contributed by atoms with Crippen LogP contribution in [0.2, 0.25) is 0 Å². The van der Waals surface area contributed by atoms with E-state index in [2.05, 4.69) is 30.6 Å². The molecule has 0 fully saturated rings. The van der Waals surface area contributed by atoms with Crippen molar-refractivity contribution in [2.75, 3.05) is 13.2 Å². The third-order valence-electron chi connectivity index (χ3n) is 3.48. The van der Waals surface area contributed by atoms with Gasteiger partial charge < -0.3 is 20.1 Å². The monoisotopic (exact) mass is 381 g/mol. The summed E-state index contributed by atoms with van der Waals surface area (Å²) in [6.45, 7) is 2.86. The first-order valence-electron chi connectivity index (χ1n) is 8.83. The van der Waals surface area contributed by atoms with Crippen LogP contribution in [0.3, 0.4) is 0 Å². The lowest BCUT2D eigenvalue weighted by Crippen LogP contribution is -2.36. The third-order valence-corrected chi connectivity index (χ3v) is 3.48. The molecule has 0 bridgehead atoms. The van der Waals surface area contributed by atoms with Crippen molar-refractivity contribution in [3.63, 3.8) is 0 Å². The van der Waals surface area contributed by atoms with Gasteiger partial charge in [0, 0.05) is 24.4 Å². The van der Waals surface area contributed by atoms with Gasteiger partial charge in [0.25, 0.3) is 0 Å². The van der Waals surface area contributed by atoms with E-state index in [0.29, 0.717) is 37.0 Å². The Balaban J connectivity index is 2.09. The van der Waals surface area contributed by atoms with Crippen LogP contribution in [-0.4, -0.2) is 35.9 Å². The Morgan fingerprint density at radius 2 is 2.11 bits per heavy atom. The Hall–Kier alpha value is -2.84. The molecule has 7 nitrogen and oxygen atoms in total. The van der Waals surface area contributed by atoms with Crippen LogP contribution in [0.5, 0.6) is 11.5 Å². The standard InChI is InChI=1S/C18H25F2N5O2/c1-3-9-26-15-6-5-13(16(10-15)27-17(19)20)11-22-18(21-4-2)23-12-14-7-8-24-25-14/h5-8,10,17H,3-4,9,11-12H2,1-2H3,(H,24,25)(H2,21,22,23). The maximum Gasteiger partial charge on any atom is 0.387 e. The van der Waals surface area contributed by atoms with Crippen LogP contribution in [0, 0.1) is 0 Å². The molecule has 3 N–H and O–H groups in total. The SMILES string of the molecule is CCCOc1ccc(CN=C(NCC)NCc2ccn[nH]2)c(OC(F)F)c1. The van der Waals surface area contributed by atoms with E-state index in [1.54, 1.807) is 18.3 Å². The number of hydrogen-bond acceptors (Lipinski definition) is 4. The molecule has 0 saturated heterocycles. The predicted octanol–water partition coefficient (Wildman–Crippen LogP) is 3.06. The second-order valence-electron chi connectivity index (χ2n) is 5.63. The molecule has 0 aliphatic rings. The zero-order valence-electron chi connectivity index (χ0n) is 15.5. The van der Waals surface area contributed by atoms with Crippen molar-refractivity contribution in [1.82, 2.24) is 20.8 Å². The lowest BCUT2D eigenvalue weighted by molar-refractivity contribution is -0.0505. The Bertz CT molecular complexity index is 708. The number of rotatable bonds is 10. The van der Waals surface area contributed by atoms with Crippen LogP contribution < -0.4 is 20.1 Å². The lowest BCUT2D eigenvalue weighted by Gasteiger charge is -2.14. The summed E-state index contributed by atoms with van der Waals surface area (Å²) in [6.07, 6.45) is 2.49. The molecule has 27 heavy (non-hydrogen) atoms. The predicted molar refractivity (Wildman–Crippen MR) is 99.1 cm³/mol. The third kappa shape index (κ3) is 7.12. The van der Waals surface area contributed by atoms with Crippen molar-refractivity contribution in [1.29, 1.82) is 0 Å². The Morgan fingerprint density at radius 3 is 2.78 bits per heavy atom. The lowest BCUT2D eigenvalue weighted by atomic mass is 10.2. The van der Waals surface area contributed by atoms with Gasteiger partial charge in [0.1, 0.15) is 11.5 Å². The maximum atomic E-state index is 12.7. The van der Waals surface area contributed by atoms with E-state index in [1.807, 2.05) is 19.9 Å². The molecule has 0 unspecified atom stereocenters. The van der Waals surface area contributed by atoms with E-state index in [1.165, 1.54) is 6.07 Å². The number of aromatic amines is 1. The van der Waals surface area contributed by atoms with Crippen LogP contribution in [0.15, 0.2) is 35.5 Å². The molecule has 2 rings (SSSR count). The topological polar surface area (TPSA) is 83.6 Å². The molecule has 0 saturated carbocycles. The van der Waals surface area contributed by atoms with Crippen molar-refractivity contribution in [2.24, 2.45) is 4.99 Å². The maximum absolute atomic E-state index is 12.7. The number of aliphatic imine (C=N–C) groups is 1. The number of halogens is 2. The minimum Gasteiger partial charge on any atom is -0.493 e. The van der Waals surface area contributed by atoms with E-state index in [9.17, 15) is 8.78 Å². The zero-order valence-corrected chi connectivity index (χ0v) is 15.5. The molecule has 0 amide bonds. The molecule has 148 valence electrons. The molecule has 0 atom stereocenters. The quantitative estimate of drug-likeness (QED) is 0.435. The van der Waals surface area contributed by atoms with Crippen molar-refractivity contribution in [3.8, 4) is 11.5 Å². The normalized spacial score (nSPS) is 11.5. The van der Waals surface area contributed by atoms with E-state index < -0.39 is 6.61 Å². The van der Waals surface area contributed by atoms with Crippen LogP contribution >= 0.6 is 0 Å². The summed E-state index contributed by atoms with van der Waals surface area (Å²) in [5, 5.41) is 13.0. The van der Waals surface area contributed by atoms with Crippen LogP contribution in [-0.2, 0) is 13.1 Å². The van der Waals surface area contributed by atoms with Crippen molar-refractivity contribution >= 4 is 5.96 Å². The Labute approximate surface area is 157 Å². The average molecular weight is 381 g/mol. The van der Waals surface area contributed by atoms with Gasteiger partial charge in [-0.2, -0.15) is 13.9 Å². The highest BCUT2D eigenvalue weighted by Crippen LogP contribution is 2.27. The molecule has 2 aromatic rings. The van der Waals surface area contributed by atoms with E-state index >= 15 is 0 Å². The second-order valence-corrected chi connectivity index (χ2v) is 5.63. The first-order valence-corrected chi connectivity index (χ1v) is 8.83. The van der Waals surface area contributed by atoms with E-state index in [0.717, 1.165) is 12.1 Å². The van der Waals surface area contributed by atoms with Gasteiger partial charge >= 0.3 is 6.61 Å². The highest BCUT2D eigenvalue weighted by molar-refractivity contribution is 5.79. The molecule has 1 heterocycles. The van der Waals surface area contributed by atoms with E-state index in [4.69, 9.17) is 4.74 Å². The van der Waals surface area contributed by atoms with E-state index in [-0.39, 0.29) is 12.3 Å². The molecule has 0 radical (unpaired) electrons. The summed E-state index contributed by atoms with van der Waals surface area (Å²) in [6, 6.07) is 6.73. The summed E-state index contributed by atoms with van der Waals surface area (Å²) in [5.41, 5.74) is 1.44. The van der Waals surface area contributed by atoms with Gasteiger partial charge in [0.2, 0.25) is 0 Å². The highest BCUT2D eigenvalue weighted by atomic mass is 19.3. The number of H-pyrrole nitrogens is 1. The Morgan fingerprint density at radius 1 is 1.26 bits per heavy atom. The van der Waals surface area contributed by atoms with Gasteiger partial charge in [-0.3, -0.25) is 5.10 Å². The number of nitrogens with one attached hydrogen (secondary N) is 3. The number of ether oxygens (including phenoxy) is 2. The number of alkyl halides is 2. The van der Waals surface area contributed by atoms with Crippen molar-refractivity contribution in [2.45, 2.75) is 40.0 Å². The number of benzene rings is 1. The largest absolute Gasteiger partial charge is 0.493 e. The molecule has 0 aliphatic carbocycles. The highest BCUT2D eigenvalue weighted by Gasteiger charge is 2.12.